The Labute approximate surface area is 129 Å². The molecule has 21 heavy (non-hydrogen) atoms. The van der Waals surface area contributed by atoms with Crippen molar-refractivity contribution in [1.29, 1.82) is 0 Å². The zero-order valence-corrected chi connectivity index (χ0v) is 12.4. The molecule has 0 bridgehead atoms. The molecule has 0 heterocycles. The summed E-state index contributed by atoms with van der Waals surface area (Å²) in [6.07, 6.45) is 0. The SMILES string of the molecule is O=S(=O)(Nc1ccc(F)cc1F)c1cc(Cl)cc(Cl)c1O. The fourth-order valence-corrected chi connectivity index (χ4v) is 3.34. The van der Waals surface area contributed by atoms with Gasteiger partial charge in [0.1, 0.15) is 16.5 Å². The number of hydrogen-bond donors (Lipinski definition) is 2. The Kier molecular flexibility index (Phi) is 4.27. The van der Waals surface area contributed by atoms with Crippen LogP contribution in [0.25, 0.3) is 0 Å². The van der Waals surface area contributed by atoms with Crippen LogP contribution >= 0.6 is 23.2 Å². The first-order valence-corrected chi connectivity index (χ1v) is 7.60. The number of phenols is 1. The Bertz CT molecular complexity index is 812. The molecule has 0 aliphatic heterocycles. The summed E-state index contributed by atoms with van der Waals surface area (Å²) in [4.78, 5) is -0.622. The fraction of sp³-hybridized carbons (Fsp3) is 0. The van der Waals surface area contributed by atoms with Gasteiger partial charge in [-0.05, 0) is 24.3 Å². The zero-order valence-electron chi connectivity index (χ0n) is 10.1. The van der Waals surface area contributed by atoms with Gasteiger partial charge < -0.3 is 5.11 Å². The van der Waals surface area contributed by atoms with Crippen LogP contribution in [-0.4, -0.2) is 13.5 Å². The molecule has 4 nitrogen and oxygen atoms in total. The molecule has 0 saturated heterocycles. The van der Waals surface area contributed by atoms with Crippen LogP contribution in [0.4, 0.5) is 14.5 Å². The van der Waals surface area contributed by atoms with E-state index in [0.717, 1.165) is 24.3 Å². The molecule has 2 aromatic rings. The van der Waals surface area contributed by atoms with Crippen LogP contribution in [0, 0.1) is 11.6 Å². The molecule has 0 fully saturated rings. The Morgan fingerprint density at radius 3 is 2.38 bits per heavy atom. The number of aromatic hydroxyl groups is 1. The van der Waals surface area contributed by atoms with Gasteiger partial charge in [0.2, 0.25) is 0 Å². The van der Waals surface area contributed by atoms with E-state index in [1.54, 1.807) is 0 Å². The summed E-state index contributed by atoms with van der Waals surface area (Å²) in [6.45, 7) is 0. The van der Waals surface area contributed by atoms with Crippen molar-refractivity contribution in [2.75, 3.05) is 4.72 Å². The van der Waals surface area contributed by atoms with Crippen molar-refractivity contribution in [3.05, 3.63) is 52.0 Å². The Hall–Kier alpha value is -1.57. The summed E-state index contributed by atoms with van der Waals surface area (Å²) < 4.78 is 52.4. The quantitative estimate of drug-likeness (QED) is 0.882. The first kappa shape index (κ1) is 15.8. The summed E-state index contributed by atoms with van der Waals surface area (Å²) in [6, 6.07) is 4.41. The minimum absolute atomic E-state index is 0.0299. The standard InChI is InChI=1S/C12H7Cl2F2NO3S/c13-6-3-8(14)12(18)11(4-6)21(19,20)17-10-2-1-7(15)5-9(10)16/h1-5,17-18H. The van der Waals surface area contributed by atoms with Crippen LogP contribution < -0.4 is 4.72 Å². The molecule has 0 aromatic heterocycles. The third kappa shape index (κ3) is 3.37. The minimum atomic E-state index is -4.36. The molecule has 0 spiro atoms. The molecule has 112 valence electrons. The third-order valence-electron chi connectivity index (χ3n) is 2.46. The van der Waals surface area contributed by atoms with Gasteiger partial charge in [0.05, 0.1) is 10.7 Å². The highest BCUT2D eigenvalue weighted by molar-refractivity contribution is 7.92. The molecule has 0 aliphatic carbocycles. The lowest BCUT2D eigenvalue weighted by Crippen LogP contribution is -2.14. The molecule has 2 aromatic carbocycles. The number of rotatable bonds is 3. The highest BCUT2D eigenvalue weighted by atomic mass is 35.5. The molecular formula is C12H7Cl2F2NO3S. The number of benzene rings is 2. The average molecular weight is 354 g/mol. The highest BCUT2D eigenvalue weighted by Crippen LogP contribution is 2.35. The Balaban J connectivity index is 2.48. The first-order chi connectivity index (χ1) is 9.70. The van der Waals surface area contributed by atoms with Gasteiger partial charge in [-0.1, -0.05) is 23.2 Å². The maximum atomic E-state index is 13.5. The molecule has 0 radical (unpaired) electrons. The number of anilines is 1. The largest absolute Gasteiger partial charge is 0.505 e. The summed E-state index contributed by atoms with van der Waals surface area (Å²) in [5.74, 6) is -2.69. The summed E-state index contributed by atoms with van der Waals surface area (Å²) in [7, 11) is -4.36. The van der Waals surface area contributed by atoms with E-state index in [-0.39, 0.29) is 10.0 Å². The predicted molar refractivity (Wildman–Crippen MR) is 75.3 cm³/mol. The van der Waals surface area contributed by atoms with Gasteiger partial charge in [0, 0.05) is 11.1 Å². The summed E-state index contributed by atoms with van der Waals surface area (Å²) >= 11 is 11.3. The van der Waals surface area contributed by atoms with Crippen LogP contribution in [0.1, 0.15) is 0 Å². The zero-order chi connectivity index (χ0) is 15.8. The van der Waals surface area contributed by atoms with E-state index in [2.05, 4.69) is 0 Å². The van der Waals surface area contributed by atoms with E-state index in [1.807, 2.05) is 4.72 Å². The van der Waals surface area contributed by atoms with Crippen LogP contribution in [0.5, 0.6) is 5.75 Å². The monoisotopic (exact) mass is 353 g/mol. The lowest BCUT2D eigenvalue weighted by Gasteiger charge is -2.11. The molecule has 0 amide bonds. The van der Waals surface area contributed by atoms with Gasteiger partial charge in [0.25, 0.3) is 10.0 Å². The summed E-state index contributed by atoms with van der Waals surface area (Å²) in [5, 5.41) is 9.38. The second-order valence-corrected chi connectivity index (χ2v) is 6.46. The van der Waals surface area contributed by atoms with E-state index in [0.29, 0.717) is 6.07 Å². The highest BCUT2D eigenvalue weighted by Gasteiger charge is 2.23. The van der Waals surface area contributed by atoms with Crippen molar-refractivity contribution >= 4 is 38.9 Å². The molecule has 0 saturated carbocycles. The number of sulfonamides is 1. The summed E-state index contributed by atoms with van der Waals surface area (Å²) in [5.41, 5.74) is -0.480. The maximum Gasteiger partial charge on any atom is 0.265 e. The second-order valence-electron chi connectivity index (χ2n) is 3.96. The molecule has 9 heteroatoms. The molecule has 0 atom stereocenters. The topological polar surface area (TPSA) is 66.4 Å². The van der Waals surface area contributed by atoms with Gasteiger partial charge in [-0.25, -0.2) is 17.2 Å². The molecule has 0 unspecified atom stereocenters. The molecular weight excluding hydrogens is 347 g/mol. The lowest BCUT2D eigenvalue weighted by molar-refractivity contribution is 0.459. The number of phenolic OH excluding ortho intramolecular Hbond substituents is 1. The average Bonchev–Trinajstić information content (AvgIpc) is 2.37. The van der Waals surface area contributed by atoms with E-state index in [9.17, 15) is 22.3 Å². The lowest BCUT2D eigenvalue weighted by atomic mass is 10.3. The normalized spacial score (nSPS) is 11.4. The maximum absolute atomic E-state index is 13.5. The van der Waals surface area contributed by atoms with Gasteiger partial charge >= 0.3 is 0 Å². The second kappa shape index (κ2) is 5.67. The number of halogens is 4. The minimum Gasteiger partial charge on any atom is -0.505 e. The van der Waals surface area contributed by atoms with Gasteiger partial charge in [-0.15, -0.1) is 0 Å². The van der Waals surface area contributed by atoms with Gasteiger partial charge in [-0.3, -0.25) is 4.72 Å². The van der Waals surface area contributed by atoms with E-state index < -0.39 is 38.0 Å². The van der Waals surface area contributed by atoms with Crippen LogP contribution in [0.15, 0.2) is 35.2 Å². The Morgan fingerprint density at radius 1 is 1.10 bits per heavy atom. The number of hydrogen-bond acceptors (Lipinski definition) is 3. The molecule has 2 N–H and O–H groups in total. The van der Waals surface area contributed by atoms with Gasteiger partial charge in [0.15, 0.2) is 5.75 Å². The van der Waals surface area contributed by atoms with Crippen LogP contribution in [0.2, 0.25) is 10.0 Å². The molecule has 0 aliphatic rings. The van der Waals surface area contributed by atoms with Crippen LogP contribution in [-0.2, 0) is 10.0 Å². The fourth-order valence-electron chi connectivity index (χ4n) is 1.52. The van der Waals surface area contributed by atoms with Gasteiger partial charge in [-0.2, -0.15) is 0 Å². The van der Waals surface area contributed by atoms with Crippen molar-refractivity contribution < 1.29 is 22.3 Å². The third-order valence-corrected chi connectivity index (χ3v) is 4.34. The van der Waals surface area contributed by atoms with Crippen molar-refractivity contribution in [2.45, 2.75) is 4.90 Å². The van der Waals surface area contributed by atoms with E-state index >= 15 is 0 Å². The number of nitrogens with one attached hydrogen (secondary N) is 1. The van der Waals surface area contributed by atoms with Crippen molar-refractivity contribution in [3.8, 4) is 5.75 Å². The van der Waals surface area contributed by atoms with Crippen molar-refractivity contribution in [3.63, 3.8) is 0 Å². The van der Waals surface area contributed by atoms with E-state index in [4.69, 9.17) is 23.2 Å². The van der Waals surface area contributed by atoms with E-state index in [1.165, 1.54) is 0 Å². The van der Waals surface area contributed by atoms with Crippen molar-refractivity contribution in [1.82, 2.24) is 0 Å². The van der Waals surface area contributed by atoms with Crippen LogP contribution in [0.3, 0.4) is 0 Å². The smallest absolute Gasteiger partial charge is 0.265 e. The van der Waals surface area contributed by atoms with Crippen molar-refractivity contribution in [2.24, 2.45) is 0 Å². The Morgan fingerprint density at radius 2 is 1.76 bits per heavy atom. The molecule has 2 rings (SSSR count). The first-order valence-electron chi connectivity index (χ1n) is 5.36. The predicted octanol–water partition coefficient (Wildman–Crippen LogP) is 3.78.